The summed E-state index contributed by atoms with van der Waals surface area (Å²) in [5, 5.41) is 8.49. The van der Waals surface area contributed by atoms with Crippen LogP contribution in [0.25, 0.3) is 0 Å². The van der Waals surface area contributed by atoms with Crippen LogP contribution in [0.3, 0.4) is 0 Å². The molecule has 2 rings (SSSR count). The fraction of sp³-hybridized carbons (Fsp3) is 0.760. The second kappa shape index (κ2) is 19.1. The van der Waals surface area contributed by atoms with Crippen molar-refractivity contribution in [1.82, 2.24) is 0 Å². The van der Waals surface area contributed by atoms with Crippen LogP contribution in [0.2, 0.25) is 49.4 Å². The quantitative estimate of drug-likeness (QED) is 0.173. The Kier molecular flexibility index (Phi) is 18.5. The second-order valence-electron chi connectivity index (χ2n) is 8.79. The molecule has 0 aliphatic carbocycles. The first-order valence-corrected chi connectivity index (χ1v) is 17.6. The van der Waals surface area contributed by atoms with Gasteiger partial charge >= 0.3 is 0 Å². The summed E-state index contributed by atoms with van der Waals surface area (Å²) in [6.07, 6.45) is 19.3. The van der Waals surface area contributed by atoms with Gasteiger partial charge in [-0.3, -0.25) is 0 Å². The lowest BCUT2D eigenvalue weighted by atomic mass is 10.4. The van der Waals surface area contributed by atoms with Gasteiger partial charge in [0.15, 0.2) is 0 Å². The molecule has 4 heteroatoms. The van der Waals surface area contributed by atoms with E-state index in [1.165, 1.54) is 61.9 Å². The third kappa shape index (κ3) is 15.6. The highest BCUT2D eigenvalue weighted by molar-refractivity contribution is 6.79. The van der Waals surface area contributed by atoms with Crippen LogP contribution in [-0.4, -0.2) is 22.4 Å². The summed E-state index contributed by atoms with van der Waals surface area (Å²) in [6.45, 7) is 7.31. The Morgan fingerprint density at radius 3 is 1.66 bits per heavy atom. The van der Waals surface area contributed by atoms with E-state index in [0.29, 0.717) is 6.90 Å². The van der Waals surface area contributed by atoms with Crippen LogP contribution in [0, 0.1) is 11.3 Å². The topological polar surface area (TPSA) is 40.9 Å². The van der Waals surface area contributed by atoms with Gasteiger partial charge in [0.1, 0.15) is 6.29 Å². The number of nitriles is 1. The van der Waals surface area contributed by atoms with Crippen molar-refractivity contribution in [3.63, 3.8) is 0 Å². The largest absolute Gasteiger partial charge is 0.303 e. The number of nitrogens with zero attached hydrogens (tertiary/aromatic N) is 1. The Morgan fingerprint density at radius 1 is 0.931 bits per heavy atom. The van der Waals surface area contributed by atoms with Crippen LogP contribution < -0.4 is 0 Å². The maximum atomic E-state index is 10.2. The van der Waals surface area contributed by atoms with Gasteiger partial charge in [-0.05, 0) is 38.5 Å². The summed E-state index contributed by atoms with van der Waals surface area (Å²) in [4.78, 5) is 10.2. The molecule has 0 saturated heterocycles. The molecule has 2 aliphatic rings. The number of hydrogen-bond donors (Lipinski definition) is 0. The fourth-order valence-electron chi connectivity index (χ4n) is 4.15. The van der Waals surface area contributed by atoms with Crippen molar-refractivity contribution in [2.24, 2.45) is 0 Å². The van der Waals surface area contributed by atoms with Crippen LogP contribution in [0.15, 0.2) is 24.3 Å². The number of aldehydes is 1. The van der Waals surface area contributed by atoms with Gasteiger partial charge in [-0.25, -0.2) is 0 Å². The summed E-state index contributed by atoms with van der Waals surface area (Å²) in [6, 6.07) is 10.7. The van der Waals surface area contributed by atoms with Gasteiger partial charge in [0.05, 0.1) is 22.2 Å². The maximum absolute atomic E-state index is 10.2. The number of unbranched alkanes of at least 4 members (excludes halogenated alkanes) is 2. The van der Waals surface area contributed by atoms with E-state index in [4.69, 9.17) is 6.63 Å². The molecule has 0 radical (unpaired) electrons. The number of carbonyl (C=O) groups excluding carboxylic acids is 1. The monoisotopic (exact) mass is 436 g/mol. The van der Waals surface area contributed by atoms with Crippen molar-refractivity contribution >= 4 is 22.4 Å². The van der Waals surface area contributed by atoms with Crippen LogP contribution in [-0.2, 0) is 4.79 Å². The SMILES string of the molecule is C.C[Si]1(CCCC#N)CCC=CCC1.C[Si]1(CCCC=O)CCC=CCC1.[2H]CC. The van der Waals surface area contributed by atoms with Gasteiger partial charge in [-0.2, -0.15) is 5.26 Å². The Hall–Kier alpha value is -0.926. The van der Waals surface area contributed by atoms with Gasteiger partial charge in [0.25, 0.3) is 0 Å². The highest BCUT2D eigenvalue weighted by atomic mass is 28.3. The van der Waals surface area contributed by atoms with Crippen molar-refractivity contribution < 1.29 is 6.17 Å². The number of allylic oxidation sites excluding steroid dienone is 4. The van der Waals surface area contributed by atoms with E-state index in [1.807, 2.05) is 0 Å². The highest BCUT2D eigenvalue weighted by Gasteiger charge is 2.26. The zero-order chi connectivity index (χ0) is 21.8. The minimum Gasteiger partial charge on any atom is -0.303 e. The van der Waals surface area contributed by atoms with Crippen molar-refractivity contribution in [3.05, 3.63) is 24.3 Å². The fourth-order valence-corrected chi connectivity index (χ4v) is 11.2. The van der Waals surface area contributed by atoms with Gasteiger partial charge in [-0.15, -0.1) is 0 Å². The summed E-state index contributed by atoms with van der Waals surface area (Å²) in [5.41, 5.74) is 0. The average molecular weight is 437 g/mol. The molecule has 0 unspecified atom stereocenters. The maximum Gasteiger partial charge on any atom is 0.119 e. The molecule has 0 aromatic heterocycles. The Morgan fingerprint density at radius 2 is 1.31 bits per heavy atom. The lowest BCUT2D eigenvalue weighted by Gasteiger charge is -2.25. The average Bonchev–Trinajstić information content (AvgIpc) is 3.04. The zero-order valence-corrected chi connectivity index (χ0v) is 20.8. The molecule has 0 aromatic rings. The van der Waals surface area contributed by atoms with Crippen molar-refractivity contribution in [2.75, 3.05) is 0 Å². The van der Waals surface area contributed by atoms with Gasteiger partial charge in [0.2, 0.25) is 0 Å². The van der Waals surface area contributed by atoms with E-state index in [2.05, 4.69) is 43.5 Å². The normalized spacial score (nSPS) is 19.3. The minimum absolute atomic E-state index is 0. The third-order valence-corrected chi connectivity index (χ3v) is 15.3. The van der Waals surface area contributed by atoms with Crippen molar-refractivity contribution in [3.8, 4) is 6.07 Å². The molecule has 0 N–H and O–H groups in total. The Bertz CT molecular complexity index is 494. The third-order valence-electron chi connectivity index (χ3n) is 6.16. The van der Waals surface area contributed by atoms with E-state index in [1.54, 1.807) is 6.92 Å². The van der Waals surface area contributed by atoms with Crippen LogP contribution in [0.4, 0.5) is 0 Å². The van der Waals surface area contributed by atoms with E-state index in [9.17, 15) is 4.79 Å². The molecule has 0 bridgehead atoms. The van der Waals surface area contributed by atoms with Crippen LogP contribution >= 0.6 is 0 Å². The lowest BCUT2D eigenvalue weighted by molar-refractivity contribution is -0.107. The molecule has 0 amide bonds. The Labute approximate surface area is 186 Å². The molecule has 0 fully saturated rings. The Balaban J connectivity index is 0. The number of carbonyl (C=O) groups is 1. The summed E-state index contributed by atoms with van der Waals surface area (Å²) < 4.78 is 6.21. The molecule has 168 valence electrons. The van der Waals surface area contributed by atoms with E-state index in [-0.39, 0.29) is 7.43 Å². The van der Waals surface area contributed by atoms with E-state index >= 15 is 0 Å². The van der Waals surface area contributed by atoms with E-state index < -0.39 is 16.1 Å². The predicted molar refractivity (Wildman–Crippen MR) is 137 cm³/mol. The molecular weight excluding hydrogens is 386 g/mol. The first-order valence-electron chi connectivity index (χ1n) is 12.1. The minimum atomic E-state index is -0.946. The lowest BCUT2D eigenvalue weighted by Crippen LogP contribution is -2.28. The molecule has 0 atom stereocenters. The summed E-state index contributed by atoms with van der Waals surface area (Å²) in [5.74, 6) is 0. The van der Waals surface area contributed by atoms with Crippen LogP contribution in [0.1, 0.15) is 74.0 Å². The van der Waals surface area contributed by atoms with Gasteiger partial charge in [0, 0.05) is 14.2 Å². The number of rotatable bonds is 7. The number of hydrogen-bond acceptors (Lipinski definition) is 2. The molecular formula is C25H49NOSi2. The smallest absolute Gasteiger partial charge is 0.119 e. The van der Waals surface area contributed by atoms with E-state index in [0.717, 1.165) is 32.0 Å². The van der Waals surface area contributed by atoms with Crippen LogP contribution in [0.5, 0.6) is 0 Å². The molecule has 29 heavy (non-hydrogen) atoms. The molecule has 2 nitrogen and oxygen atoms in total. The van der Waals surface area contributed by atoms with Crippen molar-refractivity contribution in [2.45, 2.75) is 122 Å². The molecule has 0 saturated carbocycles. The molecule has 2 aliphatic heterocycles. The molecule has 0 aromatic carbocycles. The van der Waals surface area contributed by atoms with Gasteiger partial charge < -0.3 is 4.79 Å². The summed E-state index contributed by atoms with van der Waals surface area (Å²) >= 11 is 0. The zero-order valence-electron chi connectivity index (χ0n) is 19.8. The molecule has 2 heterocycles. The first kappa shape index (κ1) is 28.1. The first-order chi connectivity index (χ1) is 13.9. The second-order valence-corrected chi connectivity index (χ2v) is 19.0. The summed E-state index contributed by atoms with van der Waals surface area (Å²) in [7, 11) is -1.88. The standard InChI is InChI=1S/C11H19NSi.C11H20OSi.C2H6.CH4/c2*1-13(11-7-4-8-12)9-5-2-3-6-10-13;1-2;/h2-3H,4-7,9-11H2,1H3;2-3,8H,4-7,9-11H2,1H3;1-2H3;1H4/i;;1D;. The van der Waals surface area contributed by atoms with Crippen molar-refractivity contribution in [1.29, 1.82) is 5.26 Å². The molecule has 0 spiro atoms. The highest BCUT2D eigenvalue weighted by Crippen LogP contribution is 2.30. The van der Waals surface area contributed by atoms with Gasteiger partial charge in [-0.1, -0.05) is 94.9 Å². The predicted octanol–water partition coefficient (Wildman–Crippen LogP) is 8.78.